The van der Waals surface area contributed by atoms with E-state index >= 15 is 0 Å². The van der Waals surface area contributed by atoms with Gasteiger partial charge in [-0.15, -0.1) is 0 Å². The van der Waals surface area contributed by atoms with Gasteiger partial charge in [-0.05, 0) is 36.9 Å². The van der Waals surface area contributed by atoms with Crippen molar-refractivity contribution in [1.82, 2.24) is 5.32 Å². The molecule has 1 aromatic rings. The molecular weight excluding hydrogens is 281 g/mol. The van der Waals surface area contributed by atoms with E-state index in [-0.39, 0.29) is 6.04 Å². The summed E-state index contributed by atoms with van der Waals surface area (Å²) in [4.78, 5) is 0. The molecule has 0 radical (unpaired) electrons. The van der Waals surface area contributed by atoms with Crippen LogP contribution in [0.1, 0.15) is 37.8 Å². The van der Waals surface area contributed by atoms with E-state index in [9.17, 15) is 0 Å². The lowest BCUT2D eigenvalue weighted by atomic mass is 9.86. The van der Waals surface area contributed by atoms with Crippen molar-refractivity contribution < 1.29 is 4.74 Å². The van der Waals surface area contributed by atoms with Crippen LogP contribution in [0, 0.1) is 11.8 Å². The quantitative estimate of drug-likeness (QED) is 0.870. The van der Waals surface area contributed by atoms with Crippen LogP contribution in [-0.2, 0) is 0 Å². The lowest BCUT2D eigenvalue weighted by Crippen LogP contribution is -2.27. The molecule has 106 valence electrons. The summed E-state index contributed by atoms with van der Waals surface area (Å²) in [5.41, 5.74) is 1.08. The Morgan fingerprint density at radius 3 is 2.53 bits per heavy atom. The Hall–Kier alpha value is -0.440. The average molecular weight is 302 g/mol. The highest BCUT2D eigenvalue weighted by Gasteiger charge is 2.32. The van der Waals surface area contributed by atoms with Crippen molar-refractivity contribution >= 4 is 23.2 Å². The number of halogens is 2. The highest BCUT2D eigenvalue weighted by Crippen LogP contribution is 2.43. The van der Waals surface area contributed by atoms with Crippen molar-refractivity contribution in [3.8, 4) is 5.75 Å². The average Bonchev–Trinajstić information content (AvgIpc) is 2.80. The topological polar surface area (TPSA) is 21.3 Å². The third-order valence-electron chi connectivity index (χ3n) is 4.27. The number of methoxy groups -OCH3 is 1. The van der Waals surface area contributed by atoms with E-state index < -0.39 is 0 Å². The number of hydrogen-bond donors (Lipinski definition) is 1. The Morgan fingerprint density at radius 1 is 1.26 bits per heavy atom. The van der Waals surface area contributed by atoms with E-state index in [1.807, 2.05) is 19.2 Å². The van der Waals surface area contributed by atoms with Gasteiger partial charge in [-0.3, -0.25) is 0 Å². The van der Waals surface area contributed by atoms with Crippen molar-refractivity contribution in [3.63, 3.8) is 0 Å². The number of hydrogen-bond acceptors (Lipinski definition) is 2. The molecule has 1 saturated carbocycles. The fraction of sp³-hybridized carbons (Fsp3) is 0.600. The molecule has 1 aliphatic rings. The first-order chi connectivity index (χ1) is 9.08. The van der Waals surface area contributed by atoms with Crippen molar-refractivity contribution in [1.29, 1.82) is 0 Å². The van der Waals surface area contributed by atoms with Gasteiger partial charge >= 0.3 is 0 Å². The maximum atomic E-state index is 6.40. The highest BCUT2D eigenvalue weighted by molar-refractivity contribution is 6.34. The maximum absolute atomic E-state index is 6.40. The summed E-state index contributed by atoms with van der Waals surface area (Å²) in [6.45, 7) is 2.32. The van der Waals surface area contributed by atoms with Gasteiger partial charge in [0.05, 0.1) is 12.1 Å². The van der Waals surface area contributed by atoms with E-state index in [2.05, 4.69) is 12.2 Å². The van der Waals surface area contributed by atoms with Crippen LogP contribution < -0.4 is 10.1 Å². The molecule has 0 aliphatic heterocycles. The minimum Gasteiger partial charge on any atom is -0.495 e. The molecule has 19 heavy (non-hydrogen) atoms. The van der Waals surface area contributed by atoms with Gasteiger partial charge in [-0.1, -0.05) is 43.0 Å². The van der Waals surface area contributed by atoms with E-state index in [0.717, 1.165) is 16.5 Å². The SMILES string of the molecule is CNC(c1cc(Cl)c(OC)cc1Cl)C1CCCC1C. The first kappa shape index (κ1) is 15.0. The Bertz CT molecular complexity index is 450. The number of nitrogens with one attached hydrogen (secondary N) is 1. The van der Waals surface area contributed by atoms with Crippen LogP contribution >= 0.6 is 23.2 Å². The minimum atomic E-state index is 0.258. The summed E-state index contributed by atoms with van der Waals surface area (Å²) in [5, 5.41) is 4.75. The molecule has 0 spiro atoms. The van der Waals surface area contributed by atoms with Gasteiger partial charge < -0.3 is 10.1 Å². The summed E-state index contributed by atoms with van der Waals surface area (Å²) < 4.78 is 5.20. The Balaban J connectivity index is 2.35. The minimum absolute atomic E-state index is 0.258. The second kappa shape index (κ2) is 6.34. The summed E-state index contributed by atoms with van der Waals surface area (Å²) in [6.07, 6.45) is 3.84. The first-order valence-corrected chi connectivity index (χ1v) is 7.54. The molecule has 2 rings (SSSR count). The molecule has 0 bridgehead atoms. The summed E-state index contributed by atoms with van der Waals surface area (Å²) in [5.74, 6) is 1.96. The molecule has 0 amide bonds. The van der Waals surface area contributed by atoms with Gasteiger partial charge in [0.2, 0.25) is 0 Å². The van der Waals surface area contributed by atoms with Crippen molar-refractivity contribution in [2.24, 2.45) is 11.8 Å². The number of rotatable bonds is 4. The first-order valence-electron chi connectivity index (χ1n) is 6.78. The molecular formula is C15H21Cl2NO. The maximum Gasteiger partial charge on any atom is 0.138 e. The fourth-order valence-corrected chi connectivity index (χ4v) is 3.73. The predicted molar refractivity (Wildman–Crippen MR) is 81.3 cm³/mol. The van der Waals surface area contributed by atoms with Gasteiger partial charge in [0, 0.05) is 17.1 Å². The molecule has 4 heteroatoms. The molecule has 0 saturated heterocycles. The van der Waals surface area contributed by atoms with Crippen LogP contribution in [0.25, 0.3) is 0 Å². The normalized spacial score (nSPS) is 24.5. The van der Waals surface area contributed by atoms with E-state index in [1.54, 1.807) is 7.11 Å². The van der Waals surface area contributed by atoms with Gasteiger partial charge in [-0.2, -0.15) is 0 Å². The third kappa shape index (κ3) is 3.01. The van der Waals surface area contributed by atoms with Crippen LogP contribution in [0.3, 0.4) is 0 Å². The molecule has 1 fully saturated rings. The zero-order valence-corrected chi connectivity index (χ0v) is 13.2. The van der Waals surface area contributed by atoms with Crippen LogP contribution in [0.5, 0.6) is 5.75 Å². The van der Waals surface area contributed by atoms with Crippen LogP contribution in [-0.4, -0.2) is 14.2 Å². The van der Waals surface area contributed by atoms with Gasteiger partial charge in [-0.25, -0.2) is 0 Å². The summed E-state index contributed by atoms with van der Waals surface area (Å²) in [6, 6.07) is 4.01. The largest absolute Gasteiger partial charge is 0.495 e. The molecule has 3 atom stereocenters. The smallest absolute Gasteiger partial charge is 0.138 e. The Morgan fingerprint density at radius 2 is 2.00 bits per heavy atom. The third-order valence-corrected chi connectivity index (χ3v) is 4.90. The molecule has 1 aromatic carbocycles. The van der Waals surface area contributed by atoms with Gasteiger partial charge in [0.1, 0.15) is 5.75 Å². The second-order valence-corrected chi connectivity index (χ2v) is 6.16. The molecule has 0 aromatic heterocycles. The monoisotopic (exact) mass is 301 g/mol. The van der Waals surface area contributed by atoms with Crippen LogP contribution in [0.2, 0.25) is 10.0 Å². The molecule has 0 heterocycles. The fourth-order valence-electron chi connectivity index (χ4n) is 3.21. The van der Waals surface area contributed by atoms with Crippen LogP contribution in [0.4, 0.5) is 0 Å². The molecule has 2 nitrogen and oxygen atoms in total. The number of benzene rings is 1. The van der Waals surface area contributed by atoms with Crippen molar-refractivity contribution in [3.05, 3.63) is 27.7 Å². The standard InChI is InChI=1S/C15H21Cl2NO/c1-9-5-4-6-10(9)15(18-2)11-7-13(17)14(19-3)8-12(11)16/h7-10,15,18H,4-6H2,1-3H3. The van der Waals surface area contributed by atoms with Crippen LogP contribution in [0.15, 0.2) is 12.1 Å². The summed E-state index contributed by atoms with van der Waals surface area (Å²) >= 11 is 12.6. The lowest BCUT2D eigenvalue weighted by Gasteiger charge is -2.28. The zero-order valence-electron chi connectivity index (χ0n) is 11.7. The van der Waals surface area contributed by atoms with E-state index in [1.165, 1.54) is 19.3 Å². The highest BCUT2D eigenvalue weighted by atomic mass is 35.5. The lowest BCUT2D eigenvalue weighted by molar-refractivity contribution is 0.315. The molecule has 1 N–H and O–H groups in total. The molecule has 1 aliphatic carbocycles. The molecule has 3 unspecified atom stereocenters. The number of ether oxygens (including phenoxy) is 1. The van der Waals surface area contributed by atoms with E-state index in [0.29, 0.717) is 16.7 Å². The van der Waals surface area contributed by atoms with Crippen molar-refractivity contribution in [2.45, 2.75) is 32.2 Å². The second-order valence-electron chi connectivity index (χ2n) is 5.35. The zero-order chi connectivity index (χ0) is 14.0. The van der Waals surface area contributed by atoms with Gasteiger partial charge in [0.15, 0.2) is 0 Å². The van der Waals surface area contributed by atoms with Crippen molar-refractivity contribution in [2.75, 3.05) is 14.2 Å². The predicted octanol–water partition coefficient (Wildman–Crippen LogP) is 4.70. The van der Waals surface area contributed by atoms with E-state index in [4.69, 9.17) is 27.9 Å². The van der Waals surface area contributed by atoms with Gasteiger partial charge in [0.25, 0.3) is 0 Å². The Labute approximate surface area is 125 Å². The summed E-state index contributed by atoms with van der Waals surface area (Å²) in [7, 11) is 3.59. The Kier molecular flexibility index (Phi) is 4.99.